The van der Waals surface area contributed by atoms with E-state index in [0.29, 0.717) is 11.6 Å². The molecule has 0 atom stereocenters. The number of hydrogen-bond acceptors (Lipinski definition) is 4. The first-order chi connectivity index (χ1) is 7.31. The highest BCUT2D eigenvalue weighted by Gasteiger charge is 2.06. The van der Waals surface area contributed by atoms with Gasteiger partial charge in [-0.1, -0.05) is 0 Å². The third-order valence-electron chi connectivity index (χ3n) is 1.92. The number of methoxy groups -OCH3 is 1. The fourth-order valence-electron chi connectivity index (χ4n) is 1.24. The highest BCUT2D eigenvalue weighted by Crippen LogP contribution is 2.24. The van der Waals surface area contributed by atoms with Crippen molar-refractivity contribution in [2.75, 3.05) is 7.11 Å². The van der Waals surface area contributed by atoms with E-state index in [1.54, 1.807) is 18.3 Å². The van der Waals surface area contributed by atoms with Crippen LogP contribution in [0.3, 0.4) is 0 Å². The molecule has 0 spiro atoms. The summed E-state index contributed by atoms with van der Waals surface area (Å²) < 4.78 is 5.09. The highest BCUT2D eigenvalue weighted by atomic mass is 16.5. The Kier molecular flexibility index (Phi) is 2.45. The molecule has 0 bridgehead atoms. The Morgan fingerprint density at radius 2 is 2.20 bits per heavy atom. The van der Waals surface area contributed by atoms with Crippen LogP contribution in [0.25, 0.3) is 11.3 Å². The lowest BCUT2D eigenvalue weighted by atomic mass is 10.2. The molecule has 0 unspecified atom stereocenters. The van der Waals surface area contributed by atoms with E-state index in [2.05, 4.69) is 15.2 Å². The molecule has 0 aromatic carbocycles. The summed E-state index contributed by atoms with van der Waals surface area (Å²) in [5.74, 6) is 0.483. The van der Waals surface area contributed by atoms with Crippen LogP contribution in [0, 0.1) is 0 Å². The second-order valence-corrected chi connectivity index (χ2v) is 2.87. The standard InChI is InChI=1S/C10H9N3O2/c1-15-10-7(3-2-6-11-10)8-4-5-9(14)13-12-8/h2-6H,1H3,(H,13,14). The third kappa shape index (κ3) is 1.85. The van der Waals surface area contributed by atoms with Crippen LogP contribution in [0.2, 0.25) is 0 Å². The molecule has 5 heteroatoms. The van der Waals surface area contributed by atoms with Crippen molar-refractivity contribution >= 4 is 0 Å². The van der Waals surface area contributed by atoms with Crippen molar-refractivity contribution < 1.29 is 4.74 Å². The van der Waals surface area contributed by atoms with E-state index in [9.17, 15) is 4.79 Å². The summed E-state index contributed by atoms with van der Waals surface area (Å²) in [7, 11) is 1.54. The van der Waals surface area contributed by atoms with Gasteiger partial charge < -0.3 is 4.74 Å². The summed E-state index contributed by atoms with van der Waals surface area (Å²) in [6.45, 7) is 0. The minimum Gasteiger partial charge on any atom is -0.481 e. The van der Waals surface area contributed by atoms with Gasteiger partial charge in [-0.05, 0) is 18.2 Å². The van der Waals surface area contributed by atoms with E-state index >= 15 is 0 Å². The molecule has 0 aliphatic rings. The van der Waals surface area contributed by atoms with Gasteiger partial charge in [0.15, 0.2) is 0 Å². The molecule has 2 aromatic rings. The first kappa shape index (κ1) is 9.39. The maximum atomic E-state index is 10.8. The number of ether oxygens (including phenoxy) is 1. The molecule has 5 nitrogen and oxygen atoms in total. The molecular formula is C10H9N3O2. The van der Waals surface area contributed by atoms with Crippen LogP contribution in [-0.4, -0.2) is 22.3 Å². The zero-order valence-electron chi connectivity index (χ0n) is 8.10. The van der Waals surface area contributed by atoms with Crippen molar-refractivity contribution in [3.05, 3.63) is 40.8 Å². The van der Waals surface area contributed by atoms with Gasteiger partial charge in [0.1, 0.15) is 0 Å². The van der Waals surface area contributed by atoms with E-state index in [1.165, 1.54) is 13.2 Å². The highest BCUT2D eigenvalue weighted by molar-refractivity contribution is 5.63. The van der Waals surface area contributed by atoms with E-state index < -0.39 is 0 Å². The van der Waals surface area contributed by atoms with Crippen LogP contribution < -0.4 is 10.3 Å². The number of aromatic amines is 1. The molecule has 15 heavy (non-hydrogen) atoms. The van der Waals surface area contributed by atoms with Crippen LogP contribution in [0.4, 0.5) is 0 Å². The van der Waals surface area contributed by atoms with Gasteiger partial charge in [-0.25, -0.2) is 10.1 Å². The summed E-state index contributed by atoms with van der Waals surface area (Å²) >= 11 is 0. The fraction of sp³-hybridized carbons (Fsp3) is 0.100. The molecule has 1 N–H and O–H groups in total. The molecule has 0 aliphatic carbocycles. The number of H-pyrrole nitrogens is 1. The summed E-state index contributed by atoms with van der Waals surface area (Å²) in [5, 5.41) is 6.26. The number of nitrogens with one attached hydrogen (secondary N) is 1. The normalized spacial score (nSPS) is 9.93. The van der Waals surface area contributed by atoms with Gasteiger partial charge in [0.05, 0.1) is 18.4 Å². The fourth-order valence-corrected chi connectivity index (χ4v) is 1.24. The van der Waals surface area contributed by atoms with Crippen molar-refractivity contribution in [2.24, 2.45) is 0 Å². The number of rotatable bonds is 2. The Morgan fingerprint density at radius 1 is 1.33 bits per heavy atom. The van der Waals surface area contributed by atoms with Crippen molar-refractivity contribution in [2.45, 2.75) is 0 Å². The van der Waals surface area contributed by atoms with Gasteiger partial charge >= 0.3 is 0 Å². The summed E-state index contributed by atoms with van der Waals surface area (Å²) in [6.07, 6.45) is 1.63. The molecule has 2 rings (SSSR count). The van der Waals surface area contributed by atoms with Crippen LogP contribution in [0.15, 0.2) is 35.3 Å². The third-order valence-corrected chi connectivity index (χ3v) is 1.92. The smallest absolute Gasteiger partial charge is 0.264 e. The minimum absolute atomic E-state index is 0.235. The quantitative estimate of drug-likeness (QED) is 0.785. The Morgan fingerprint density at radius 3 is 2.87 bits per heavy atom. The van der Waals surface area contributed by atoms with Gasteiger partial charge in [0.25, 0.3) is 5.56 Å². The molecule has 0 aliphatic heterocycles. The molecule has 76 valence electrons. The van der Waals surface area contributed by atoms with Crippen molar-refractivity contribution in [3.8, 4) is 17.1 Å². The molecule has 2 heterocycles. The number of hydrogen-bond donors (Lipinski definition) is 1. The first-order valence-corrected chi connectivity index (χ1v) is 4.36. The van der Waals surface area contributed by atoms with Crippen LogP contribution in [0.1, 0.15) is 0 Å². The largest absolute Gasteiger partial charge is 0.481 e. The first-order valence-electron chi connectivity index (χ1n) is 4.36. The maximum absolute atomic E-state index is 10.8. The van der Waals surface area contributed by atoms with Crippen LogP contribution in [0.5, 0.6) is 5.88 Å². The van der Waals surface area contributed by atoms with E-state index in [-0.39, 0.29) is 5.56 Å². The van der Waals surface area contributed by atoms with Gasteiger partial charge in [0, 0.05) is 12.3 Å². The maximum Gasteiger partial charge on any atom is 0.264 e. The topological polar surface area (TPSA) is 67.9 Å². The number of nitrogens with zero attached hydrogens (tertiary/aromatic N) is 2. The SMILES string of the molecule is COc1ncccc1-c1ccc(=O)[nH]n1. The lowest BCUT2D eigenvalue weighted by Gasteiger charge is -2.04. The molecule has 0 fully saturated rings. The Bertz CT molecular complexity index is 502. The second-order valence-electron chi connectivity index (χ2n) is 2.87. The molecule has 2 aromatic heterocycles. The molecular weight excluding hydrogens is 194 g/mol. The summed E-state index contributed by atoms with van der Waals surface area (Å²) in [4.78, 5) is 14.9. The molecule has 0 radical (unpaired) electrons. The predicted molar refractivity (Wildman–Crippen MR) is 54.6 cm³/mol. The van der Waals surface area contributed by atoms with Crippen LogP contribution in [-0.2, 0) is 0 Å². The van der Waals surface area contributed by atoms with E-state index in [1.807, 2.05) is 6.07 Å². The lowest BCUT2D eigenvalue weighted by Crippen LogP contribution is -2.06. The monoisotopic (exact) mass is 203 g/mol. The van der Waals surface area contributed by atoms with E-state index in [4.69, 9.17) is 4.74 Å². The summed E-state index contributed by atoms with van der Waals surface area (Å²) in [5.41, 5.74) is 1.14. The Balaban J connectivity index is 2.53. The second kappa shape index (κ2) is 3.91. The van der Waals surface area contributed by atoms with Crippen molar-refractivity contribution in [3.63, 3.8) is 0 Å². The Labute approximate surface area is 85.8 Å². The molecule has 0 amide bonds. The number of pyridine rings is 1. The molecule has 0 saturated carbocycles. The van der Waals surface area contributed by atoms with Gasteiger partial charge in [-0.15, -0.1) is 0 Å². The minimum atomic E-state index is -0.235. The van der Waals surface area contributed by atoms with Gasteiger partial charge in [0.2, 0.25) is 5.88 Å². The van der Waals surface area contributed by atoms with Crippen LogP contribution >= 0.6 is 0 Å². The molecule has 0 saturated heterocycles. The average molecular weight is 203 g/mol. The van der Waals surface area contributed by atoms with Gasteiger partial charge in [-0.3, -0.25) is 4.79 Å². The van der Waals surface area contributed by atoms with Gasteiger partial charge in [-0.2, -0.15) is 5.10 Å². The zero-order chi connectivity index (χ0) is 10.7. The predicted octanol–water partition coefficient (Wildman–Crippen LogP) is 0.840. The summed E-state index contributed by atoms with van der Waals surface area (Å²) in [6, 6.07) is 6.64. The lowest BCUT2D eigenvalue weighted by molar-refractivity contribution is 0.399. The number of aromatic nitrogens is 3. The van der Waals surface area contributed by atoms with Crippen molar-refractivity contribution in [1.29, 1.82) is 0 Å². The Hall–Kier alpha value is -2.17. The van der Waals surface area contributed by atoms with E-state index in [0.717, 1.165) is 5.56 Å². The zero-order valence-corrected chi connectivity index (χ0v) is 8.10. The average Bonchev–Trinajstić information content (AvgIpc) is 2.30. The van der Waals surface area contributed by atoms with Crippen molar-refractivity contribution in [1.82, 2.24) is 15.2 Å².